The first-order valence-corrected chi connectivity index (χ1v) is 8.94. The molecular weight excluding hydrogens is 344 g/mol. The van der Waals surface area contributed by atoms with Crippen molar-refractivity contribution in [3.05, 3.63) is 65.2 Å². The first kappa shape index (κ1) is 20.2. The van der Waals surface area contributed by atoms with Crippen molar-refractivity contribution < 1.29 is 19.1 Å². The molecule has 2 amide bonds. The van der Waals surface area contributed by atoms with Crippen molar-refractivity contribution in [3.8, 4) is 0 Å². The van der Waals surface area contributed by atoms with Gasteiger partial charge in [0.1, 0.15) is 0 Å². The number of rotatable bonds is 8. The van der Waals surface area contributed by atoms with E-state index in [1.165, 1.54) is 0 Å². The fourth-order valence-electron chi connectivity index (χ4n) is 2.47. The summed E-state index contributed by atoms with van der Waals surface area (Å²) >= 11 is 0. The van der Waals surface area contributed by atoms with Crippen molar-refractivity contribution in [2.24, 2.45) is 0 Å². The maximum atomic E-state index is 12.0. The Morgan fingerprint density at radius 2 is 1.59 bits per heavy atom. The topological polar surface area (TPSA) is 84.5 Å². The summed E-state index contributed by atoms with van der Waals surface area (Å²) in [6.07, 6.45) is 1.67. The van der Waals surface area contributed by atoms with Gasteiger partial charge in [0.15, 0.2) is 6.61 Å². The van der Waals surface area contributed by atoms with Crippen LogP contribution in [0.1, 0.15) is 35.3 Å². The van der Waals surface area contributed by atoms with Crippen LogP contribution in [-0.2, 0) is 27.2 Å². The van der Waals surface area contributed by atoms with Gasteiger partial charge in [0.2, 0.25) is 5.91 Å². The van der Waals surface area contributed by atoms with E-state index in [0.29, 0.717) is 5.56 Å². The zero-order valence-corrected chi connectivity index (χ0v) is 15.6. The molecule has 0 aromatic heterocycles. The van der Waals surface area contributed by atoms with E-state index in [-0.39, 0.29) is 12.5 Å². The van der Waals surface area contributed by atoms with E-state index in [1.807, 2.05) is 50.2 Å². The Balaban J connectivity index is 1.75. The Hall–Kier alpha value is -3.15. The molecule has 0 aliphatic carbocycles. The molecule has 0 heterocycles. The number of carbonyl (C=O) groups is 3. The van der Waals surface area contributed by atoms with E-state index in [4.69, 9.17) is 4.74 Å². The fraction of sp³-hybridized carbons (Fsp3) is 0.286. The summed E-state index contributed by atoms with van der Waals surface area (Å²) in [5.74, 6) is -1.45. The number of aryl methyl sites for hydroxylation is 2. The number of para-hydroxylation sites is 1. The number of benzene rings is 2. The molecule has 0 aliphatic rings. The molecular formula is C21H24N2O4. The monoisotopic (exact) mass is 368 g/mol. The fourth-order valence-corrected chi connectivity index (χ4v) is 2.47. The van der Waals surface area contributed by atoms with Crippen molar-refractivity contribution in [3.63, 3.8) is 0 Å². The molecule has 0 radical (unpaired) electrons. The highest BCUT2D eigenvalue weighted by molar-refractivity contribution is 5.96. The molecule has 0 saturated carbocycles. The second-order valence-corrected chi connectivity index (χ2v) is 5.96. The normalized spacial score (nSPS) is 10.1. The van der Waals surface area contributed by atoms with Crippen LogP contribution in [0.25, 0.3) is 0 Å². The van der Waals surface area contributed by atoms with Crippen molar-refractivity contribution in [1.82, 2.24) is 5.32 Å². The van der Waals surface area contributed by atoms with Crippen molar-refractivity contribution in [2.45, 2.75) is 26.7 Å². The third-order valence-electron chi connectivity index (χ3n) is 4.05. The summed E-state index contributed by atoms with van der Waals surface area (Å²) in [6.45, 7) is 3.39. The highest BCUT2D eigenvalue weighted by Crippen LogP contribution is 2.14. The van der Waals surface area contributed by atoms with Gasteiger partial charge in [-0.15, -0.1) is 0 Å². The second kappa shape index (κ2) is 10.1. The van der Waals surface area contributed by atoms with Gasteiger partial charge in [0.25, 0.3) is 5.91 Å². The van der Waals surface area contributed by atoms with Crippen LogP contribution >= 0.6 is 0 Å². The molecule has 6 heteroatoms. The van der Waals surface area contributed by atoms with Crippen LogP contribution in [0.3, 0.4) is 0 Å². The summed E-state index contributed by atoms with van der Waals surface area (Å²) in [7, 11) is 0. The molecule has 0 unspecified atom stereocenters. The van der Waals surface area contributed by atoms with Crippen molar-refractivity contribution in [2.75, 3.05) is 18.5 Å². The molecule has 0 spiro atoms. The number of hydrogen-bond donors (Lipinski definition) is 2. The molecule has 2 N–H and O–H groups in total. The van der Waals surface area contributed by atoms with Crippen LogP contribution in [-0.4, -0.2) is 30.9 Å². The van der Waals surface area contributed by atoms with E-state index >= 15 is 0 Å². The molecule has 0 atom stereocenters. The number of amides is 2. The first-order valence-electron chi connectivity index (χ1n) is 8.94. The number of nitrogens with one attached hydrogen (secondary N) is 2. The van der Waals surface area contributed by atoms with Gasteiger partial charge < -0.3 is 15.4 Å². The average molecular weight is 368 g/mol. The lowest BCUT2D eigenvalue weighted by atomic mass is 10.1. The summed E-state index contributed by atoms with van der Waals surface area (Å²) in [6, 6.07) is 14.5. The lowest BCUT2D eigenvalue weighted by molar-refractivity contribution is -0.126. The Labute approximate surface area is 158 Å². The van der Waals surface area contributed by atoms with E-state index in [1.54, 1.807) is 12.1 Å². The van der Waals surface area contributed by atoms with Gasteiger partial charge in [0, 0.05) is 5.69 Å². The van der Waals surface area contributed by atoms with E-state index in [2.05, 4.69) is 10.6 Å². The third kappa shape index (κ3) is 6.26. The first-order chi connectivity index (χ1) is 13.0. The second-order valence-electron chi connectivity index (χ2n) is 5.96. The van der Waals surface area contributed by atoms with Crippen molar-refractivity contribution >= 4 is 23.5 Å². The van der Waals surface area contributed by atoms with Crippen LogP contribution < -0.4 is 10.6 Å². The summed E-state index contributed by atoms with van der Waals surface area (Å²) in [5.41, 5.74) is 3.23. The summed E-state index contributed by atoms with van der Waals surface area (Å²) in [5, 5.41) is 5.19. The Morgan fingerprint density at radius 1 is 0.889 bits per heavy atom. The van der Waals surface area contributed by atoms with Gasteiger partial charge in [-0.25, -0.2) is 4.79 Å². The highest BCUT2D eigenvalue weighted by atomic mass is 16.5. The predicted octanol–water partition coefficient (Wildman–Crippen LogP) is 2.72. The quantitative estimate of drug-likeness (QED) is 0.702. The lowest BCUT2D eigenvalue weighted by Gasteiger charge is -2.10. The van der Waals surface area contributed by atoms with Gasteiger partial charge in [-0.2, -0.15) is 0 Å². The molecule has 2 aromatic carbocycles. The molecule has 2 rings (SSSR count). The minimum atomic E-state index is -0.575. The van der Waals surface area contributed by atoms with Gasteiger partial charge in [0.05, 0.1) is 12.1 Å². The number of esters is 1. The number of carbonyl (C=O) groups excluding carboxylic acids is 3. The Bertz CT molecular complexity index is 800. The predicted molar refractivity (Wildman–Crippen MR) is 104 cm³/mol. The largest absolute Gasteiger partial charge is 0.452 e. The van der Waals surface area contributed by atoms with Gasteiger partial charge in [-0.1, -0.05) is 44.2 Å². The maximum absolute atomic E-state index is 12.0. The summed E-state index contributed by atoms with van der Waals surface area (Å²) in [4.78, 5) is 35.7. The zero-order chi connectivity index (χ0) is 19.6. The van der Waals surface area contributed by atoms with Crippen LogP contribution in [0.4, 0.5) is 5.69 Å². The average Bonchev–Trinajstić information content (AvgIpc) is 2.71. The van der Waals surface area contributed by atoms with E-state index in [9.17, 15) is 14.4 Å². The van der Waals surface area contributed by atoms with Crippen LogP contribution in [0.2, 0.25) is 0 Å². The van der Waals surface area contributed by atoms with E-state index in [0.717, 1.165) is 29.7 Å². The third-order valence-corrected chi connectivity index (χ3v) is 4.05. The van der Waals surface area contributed by atoms with Crippen LogP contribution in [0.5, 0.6) is 0 Å². The maximum Gasteiger partial charge on any atom is 0.338 e. The van der Waals surface area contributed by atoms with Gasteiger partial charge >= 0.3 is 5.97 Å². The standard InChI is InChI=1S/C21H24N2O4/c1-3-15-9-11-17(12-10-15)21(26)27-14-20(25)22-13-19(24)23-18-8-6-5-7-16(18)4-2/h5-12H,3-4,13-14H2,1-2H3,(H,22,25)(H,23,24). The minimum Gasteiger partial charge on any atom is -0.452 e. The van der Waals surface area contributed by atoms with Gasteiger partial charge in [-0.05, 0) is 42.2 Å². The molecule has 0 saturated heterocycles. The molecule has 6 nitrogen and oxygen atoms in total. The van der Waals surface area contributed by atoms with Crippen molar-refractivity contribution in [1.29, 1.82) is 0 Å². The number of anilines is 1. The smallest absolute Gasteiger partial charge is 0.338 e. The molecule has 0 fully saturated rings. The SMILES string of the molecule is CCc1ccc(C(=O)OCC(=O)NCC(=O)Nc2ccccc2CC)cc1. The molecule has 142 valence electrons. The Morgan fingerprint density at radius 3 is 2.26 bits per heavy atom. The Kier molecular flexibility index (Phi) is 7.55. The zero-order valence-electron chi connectivity index (χ0n) is 15.6. The number of hydrogen-bond acceptors (Lipinski definition) is 4. The lowest BCUT2D eigenvalue weighted by Crippen LogP contribution is -2.35. The number of ether oxygens (including phenoxy) is 1. The van der Waals surface area contributed by atoms with Crippen LogP contribution in [0, 0.1) is 0 Å². The van der Waals surface area contributed by atoms with Gasteiger partial charge in [-0.3, -0.25) is 9.59 Å². The highest BCUT2D eigenvalue weighted by Gasteiger charge is 2.12. The molecule has 0 bridgehead atoms. The van der Waals surface area contributed by atoms with Crippen LogP contribution in [0.15, 0.2) is 48.5 Å². The molecule has 27 heavy (non-hydrogen) atoms. The molecule has 0 aliphatic heterocycles. The van der Waals surface area contributed by atoms with E-state index < -0.39 is 18.5 Å². The molecule has 2 aromatic rings. The minimum absolute atomic E-state index is 0.195. The summed E-state index contributed by atoms with van der Waals surface area (Å²) < 4.78 is 4.97.